The van der Waals surface area contributed by atoms with Gasteiger partial charge in [0.1, 0.15) is 36.7 Å². The maximum Gasteiger partial charge on any atom is 0.373 e. The quantitative estimate of drug-likeness (QED) is 0.0486. The third-order valence-corrected chi connectivity index (χ3v) is 12.9. The van der Waals surface area contributed by atoms with E-state index in [1.54, 1.807) is 22.2 Å². The smallest absolute Gasteiger partial charge is 0.373 e. The second-order valence-corrected chi connectivity index (χ2v) is 28.3. The van der Waals surface area contributed by atoms with Gasteiger partial charge in [0.25, 0.3) is 12.9 Å². The van der Waals surface area contributed by atoms with E-state index in [0.717, 1.165) is 55.7 Å². The van der Waals surface area contributed by atoms with E-state index in [1.165, 1.54) is 28.7 Å². The lowest BCUT2D eigenvalue weighted by molar-refractivity contribution is -0.191. The number of carbonyl (C=O) groups excluding carboxylic acids is 4. The summed E-state index contributed by atoms with van der Waals surface area (Å²) in [6.45, 7) is 17.9. The number of thiazole rings is 3. The van der Waals surface area contributed by atoms with Crippen molar-refractivity contribution in [2.45, 2.75) is 78.0 Å². The molecule has 0 aliphatic rings. The minimum Gasteiger partial charge on any atom is -0.461 e. The lowest BCUT2D eigenvalue weighted by Crippen LogP contribution is -2.22. The van der Waals surface area contributed by atoms with Crippen LogP contribution in [-0.4, -0.2) is 83.0 Å². The van der Waals surface area contributed by atoms with Gasteiger partial charge < -0.3 is 18.9 Å². The molecule has 5 heterocycles. The summed E-state index contributed by atoms with van der Waals surface area (Å²) >= 11 is 7.78. The third-order valence-electron chi connectivity index (χ3n) is 6.31. The Labute approximate surface area is 330 Å². The molecule has 0 aliphatic carbocycles. The number of nitrogens with zero attached hydrogens (tertiary/aromatic N) is 7. The molecule has 5 aromatic heterocycles. The predicted octanol–water partition coefficient (Wildman–Crippen LogP) is 7.31. The van der Waals surface area contributed by atoms with E-state index in [1.807, 2.05) is 45.6 Å². The number of aromatic nitrogens is 7. The normalized spacial score (nSPS) is 10.8. The lowest BCUT2D eigenvalue weighted by Gasteiger charge is -2.15. The van der Waals surface area contributed by atoms with Crippen molar-refractivity contribution in [1.82, 2.24) is 34.5 Å². The van der Waals surface area contributed by atoms with Crippen LogP contribution in [0.1, 0.15) is 11.4 Å². The van der Waals surface area contributed by atoms with Gasteiger partial charge in [-0.15, -0.1) is 34.0 Å². The first-order valence-corrected chi connectivity index (χ1v) is 26.9. The summed E-state index contributed by atoms with van der Waals surface area (Å²) in [5.41, 5.74) is 3.50. The molecule has 0 aromatic carbocycles. The highest BCUT2D eigenvalue weighted by atomic mass is 79.9. The van der Waals surface area contributed by atoms with Crippen LogP contribution in [-0.2, 0) is 64.8 Å². The van der Waals surface area contributed by atoms with Crippen LogP contribution < -0.4 is 0 Å². The van der Waals surface area contributed by atoms with Gasteiger partial charge in [0.15, 0.2) is 3.92 Å². The zero-order valence-corrected chi connectivity index (χ0v) is 36.5. The molecule has 53 heavy (non-hydrogen) atoms. The van der Waals surface area contributed by atoms with Crippen LogP contribution >= 0.6 is 49.9 Å². The maximum absolute atomic E-state index is 10.2. The first-order chi connectivity index (χ1) is 25.3. The van der Waals surface area contributed by atoms with Crippen molar-refractivity contribution < 1.29 is 38.1 Å². The highest BCUT2D eigenvalue weighted by Crippen LogP contribution is 2.24. The summed E-state index contributed by atoms with van der Waals surface area (Å²) in [5, 5.41) is 16.1. The van der Waals surface area contributed by atoms with E-state index in [2.05, 4.69) is 85.1 Å². The molecule has 0 spiro atoms. The number of rotatable bonds is 18. The Bertz CT molecular complexity index is 1780. The van der Waals surface area contributed by atoms with Crippen molar-refractivity contribution in [3.63, 3.8) is 0 Å². The van der Waals surface area contributed by atoms with Crippen molar-refractivity contribution in [3.8, 4) is 21.1 Å². The summed E-state index contributed by atoms with van der Waals surface area (Å²) in [7, 11) is -2.05. The summed E-state index contributed by atoms with van der Waals surface area (Å²) in [6, 6.07) is 2.33. The Morgan fingerprint density at radius 3 is 1.68 bits per heavy atom. The molecule has 0 N–H and O–H groups in total. The van der Waals surface area contributed by atoms with Crippen molar-refractivity contribution in [2.24, 2.45) is 0 Å². The Hall–Kier alpha value is -3.54. The second-order valence-electron chi connectivity index (χ2n) is 13.2. The van der Waals surface area contributed by atoms with Gasteiger partial charge in [0.2, 0.25) is 0 Å². The SMILES string of the molecule is C[Si](C)(C)CCOCn1cc(-c2nc(COC=O)cs2)cn1.C[Si](C)(C)CCOCn1cc(-c2nccs2)cn1.O=C=O.O=COCc1csc(Br)n1. The van der Waals surface area contributed by atoms with E-state index in [9.17, 15) is 9.59 Å². The monoisotopic (exact) mass is 885 g/mol. The Kier molecular flexibility index (Phi) is 21.3. The van der Waals surface area contributed by atoms with Crippen LogP contribution in [0.2, 0.25) is 51.4 Å². The summed E-state index contributed by atoms with van der Waals surface area (Å²) in [6.07, 6.45) is 9.55. The molecule has 0 unspecified atom stereocenters. The van der Waals surface area contributed by atoms with Crippen molar-refractivity contribution >= 4 is 85.2 Å². The minimum absolute atomic E-state index is 0.202. The first kappa shape index (κ1) is 45.6. The van der Waals surface area contributed by atoms with Crippen LogP contribution in [0.15, 0.2) is 51.0 Å². The molecule has 0 aliphatic heterocycles. The van der Waals surface area contributed by atoms with Gasteiger partial charge in [0.05, 0.1) is 23.8 Å². The van der Waals surface area contributed by atoms with Crippen molar-refractivity contribution in [2.75, 3.05) is 13.2 Å². The number of hydrogen-bond donors (Lipinski definition) is 0. The fourth-order valence-electron chi connectivity index (χ4n) is 3.62. The van der Waals surface area contributed by atoms with Crippen LogP contribution in [0, 0.1) is 0 Å². The fraction of sp³-hybridized carbons (Fsp3) is 0.438. The van der Waals surface area contributed by atoms with Gasteiger partial charge in [-0.2, -0.15) is 19.8 Å². The average molecular weight is 887 g/mol. The average Bonchev–Trinajstić information content (AvgIpc) is 3.94. The summed E-state index contributed by atoms with van der Waals surface area (Å²) < 4.78 is 24.9. The standard InChI is InChI=1S/C14H21N3O3SSi.C12H19N3OSSi.C5H4BrNO2S.CO2/c1-22(2,3)5-4-19-10-17-7-12(6-15-17)14-16-13(9-21-14)8-20-11-18;1-18(2,3)7-5-16-10-15-9-11(8-14-15)12-13-4-6-17-12;6-5-7-4(2-10-5)1-9-3-8;2-1-3/h6-7,9,11H,4-5,8,10H2,1-3H3;4,6,8-9H,5,7,10H2,1-3H3;2-3H,1H2;. The molecule has 0 atom stereocenters. The molecule has 21 heteroatoms. The van der Waals surface area contributed by atoms with Crippen LogP contribution in [0.4, 0.5) is 0 Å². The molecule has 5 aromatic rings. The van der Waals surface area contributed by atoms with Crippen LogP contribution in [0.5, 0.6) is 0 Å². The molecule has 5 rings (SSSR count). The number of hydrogen-bond acceptors (Lipinski definition) is 16. The molecule has 0 radical (unpaired) electrons. The predicted molar refractivity (Wildman–Crippen MR) is 211 cm³/mol. The van der Waals surface area contributed by atoms with Gasteiger partial charge in [0, 0.05) is 75.2 Å². The van der Waals surface area contributed by atoms with Crippen molar-refractivity contribution in [3.05, 3.63) is 62.4 Å². The molecular weight excluding hydrogens is 843 g/mol. The molecular formula is C32H44BrN7O8S3Si2. The Balaban J connectivity index is 0.000000280. The molecule has 0 saturated carbocycles. The fourth-order valence-corrected chi connectivity index (χ4v) is 7.56. The number of carbonyl (C=O) groups is 2. The molecule has 0 bridgehead atoms. The number of halogens is 1. The van der Waals surface area contributed by atoms with E-state index >= 15 is 0 Å². The summed E-state index contributed by atoms with van der Waals surface area (Å²) in [5.74, 6) is 0. The minimum atomic E-state index is -1.05. The van der Waals surface area contributed by atoms with Crippen molar-refractivity contribution in [1.29, 1.82) is 0 Å². The number of ether oxygens (including phenoxy) is 4. The van der Waals surface area contributed by atoms with Crippen LogP contribution in [0.3, 0.4) is 0 Å². The Morgan fingerprint density at radius 2 is 1.25 bits per heavy atom. The largest absolute Gasteiger partial charge is 0.461 e. The molecule has 0 amide bonds. The molecule has 15 nitrogen and oxygen atoms in total. The Morgan fingerprint density at radius 1 is 0.755 bits per heavy atom. The summed E-state index contributed by atoms with van der Waals surface area (Å²) in [4.78, 5) is 48.8. The second kappa shape index (κ2) is 24.7. The lowest BCUT2D eigenvalue weighted by atomic mass is 10.4. The third kappa shape index (κ3) is 20.5. The van der Waals surface area contributed by atoms with Gasteiger partial charge in [-0.3, -0.25) is 9.59 Å². The van der Waals surface area contributed by atoms with E-state index < -0.39 is 16.1 Å². The van der Waals surface area contributed by atoms with Gasteiger partial charge in [-0.05, 0) is 28.0 Å². The van der Waals surface area contributed by atoms with E-state index in [4.69, 9.17) is 23.8 Å². The topological polar surface area (TPSA) is 180 Å². The van der Waals surface area contributed by atoms with Gasteiger partial charge in [-0.1, -0.05) is 39.3 Å². The molecule has 0 saturated heterocycles. The zero-order chi connectivity index (χ0) is 39.1. The highest BCUT2D eigenvalue weighted by molar-refractivity contribution is 9.11. The first-order valence-electron chi connectivity index (χ1n) is 16.0. The molecule has 0 fully saturated rings. The zero-order valence-electron chi connectivity index (χ0n) is 30.4. The van der Waals surface area contributed by atoms with Crippen LogP contribution in [0.25, 0.3) is 21.1 Å². The maximum atomic E-state index is 10.2. The highest BCUT2D eigenvalue weighted by Gasteiger charge is 2.13. The van der Waals surface area contributed by atoms with E-state index in [0.29, 0.717) is 26.4 Å². The van der Waals surface area contributed by atoms with E-state index in [-0.39, 0.29) is 19.4 Å². The van der Waals surface area contributed by atoms with Gasteiger partial charge in [-0.25, -0.2) is 24.3 Å². The van der Waals surface area contributed by atoms with Gasteiger partial charge >= 0.3 is 6.15 Å². The molecule has 288 valence electrons.